The van der Waals surface area contributed by atoms with E-state index in [-0.39, 0.29) is 17.1 Å². The van der Waals surface area contributed by atoms with E-state index in [0.29, 0.717) is 34.6 Å². The van der Waals surface area contributed by atoms with Crippen LogP contribution in [-0.2, 0) is 0 Å². The Labute approximate surface area is 191 Å². The first-order valence-corrected chi connectivity index (χ1v) is 10.8. The molecule has 5 rings (SSSR count). The maximum atomic E-state index is 13.7. The van der Waals surface area contributed by atoms with E-state index < -0.39 is 6.04 Å². The highest BCUT2D eigenvalue weighted by Gasteiger charge is 2.43. The Morgan fingerprint density at radius 3 is 2.61 bits per heavy atom. The molecule has 0 bridgehead atoms. The zero-order valence-corrected chi connectivity index (χ0v) is 18.5. The third-order valence-electron chi connectivity index (χ3n) is 6.09. The minimum absolute atomic E-state index is 0.0827. The van der Waals surface area contributed by atoms with Crippen molar-refractivity contribution in [3.63, 3.8) is 0 Å². The maximum absolute atomic E-state index is 13.7. The van der Waals surface area contributed by atoms with Gasteiger partial charge < -0.3 is 9.15 Å². The molecule has 5 heteroatoms. The lowest BCUT2D eigenvalue weighted by Gasteiger charge is -2.26. The first-order valence-electron chi connectivity index (χ1n) is 10.8. The van der Waals surface area contributed by atoms with Crippen molar-refractivity contribution < 1.29 is 13.9 Å². The van der Waals surface area contributed by atoms with Crippen LogP contribution in [0.5, 0.6) is 5.75 Å². The standard InChI is InChI=1S/C28H23NO4/c1-4-14-32-21-9-7-8-19(16-21)25-24-26(30)22-10-5-6-11-23(22)33-27(24)28(31)29(25)20-13-12-17(2)18(3)15-20/h4-13,15-16,25H,1,14H2,2-3H3. The predicted molar refractivity (Wildman–Crippen MR) is 129 cm³/mol. The largest absolute Gasteiger partial charge is 0.490 e. The van der Waals surface area contributed by atoms with Crippen molar-refractivity contribution in [2.45, 2.75) is 19.9 Å². The maximum Gasteiger partial charge on any atom is 0.295 e. The van der Waals surface area contributed by atoms with Crippen molar-refractivity contribution >= 4 is 22.6 Å². The van der Waals surface area contributed by atoms with E-state index in [0.717, 1.165) is 16.7 Å². The van der Waals surface area contributed by atoms with Gasteiger partial charge in [0.15, 0.2) is 5.43 Å². The van der Waals surface area contributed by atoms with Crippen LogP contribution in [-0.4, -0.2) is 12.5 Å². The molecule has 1 aliphatic rings. The Bertz CT molecular complexity index is 1470. The molecular formula is C28H23NO4. The topological polar surface area (TPSA) is 59.8 Å². The van der Waals surface area contributed by atoms with Crippen molar-refractivity contribution in [2.24, 2.45) is 0 Å². The smallest absolute Gasteiger partial charge is 0.295 e. The molecule has 4 aromatic rings. The third kappa shape index (κ3) is 3.42. The van der Waals surface area contributed by atoms with Crippen LogP contribution in [0.3, 0.4) is 0 Å². The molecule has 1 amide bonds. The van der Waals surface area contributed by atoms with Gasteiger partial charge in [0.2, 0.25) is 5.76 Å². The van der Waals surface area contributed by atoms with Crippen molar-refractivity contribution in [3.05, 3.63) is 118 Å². The molecule has 0 radical (unpaired) electrons. The number of para-hydroxylation sites is 1. The lowest BCUT2D eigenvalue weighted by Crippen LogP contribution is -2.29. The lowest BCUT2D eigenvalue weighted by molar-refractivity contribution is 0.0971. The molecule has 0 spiro atoms. The van der Waals surface area contributed by atoms with Gasteiger partial charge in [0.05, 0.1) is 17.0 Å². The summed E-state index contributed by atoms with van der Waals surface area (Å²) in [7, 11) is 0. The summed E-state index contributed by atoms with van der Waals surface area (Å²) in [5, 5.41) is 0.454. The van der Waals surface area contributed by atoms with Crippen LogP contribution in [0.4, 0.5) is 5.69 Å². The summed E-state index contributed by atoms with van der Waals surface area (Å²) in [5.74, 6) is 0.386. The Hall–Kier alpha value is -4.12. The van der Waals surface area contributed by atoms with E-state index >= 15 is 0 Å². The summed E-state index contributed by atoms with van der Waals surface area (Å²) in [5.41, 5.74) is 4.21. The summed E-state index contributed by atoms with van der Waals surface area (Å²) < 4.78 is 11.7. The van der Waals surface area contributed by atoms with Gasteiger partial charge in [0.25, 0.3) is 5.91 Å². The van der Waals surface area contributed by atoms with Crippen molar-refractivity contribution in [1.82, 2.24) is 0 Å². The summed E-state index contributed by atoms with van der Waals surface area (Å²) in [6, 6.07) is 19.7. The monoisotopic (exact) mass is 437 g/mol. The second kappa shape index (κ2) is 8.10. The average Bonchev–Trinajstić information content (AvgIpc) is 3.12. The minimum Gasteiger partial charge on any atom is -0.490 e. The van der Waals surface area contributed by atoms with Crippen LogP contribution in [0.25, 0.3) is 11.0 Å². The fraction of sp³-hybridized carbons (Fsp3) is 0.143. The third-order valence-corrected chi connectivity index (χ3v) is 6.09. The molecule has 0 saturated carbocycles. The first kappa shape index (κ1) is 20.8. The van der Waals surface area contributed by atoms with Crippen LogP contribution in [0.15, 0.2) is 88.6 Å². The number of aryl methyl sites for hydroxylation is 2. The van der Waals surface area contributed by atoms with Gasteiger partial charge in [-0.25, -0.2) is 0 Å². The highest BCUT2D eigenvalue weighted by atomic mass is 16.5. The molecule has 33 heavy (non-hydrogen) atoms. The molecule has 0 aliphatic carbocycles. The minimum atomic E-state index is -0.636. The van der Waals surface area contributed by atoms with E-state index in [1.54, 1.807) is 35.2 Å². The van der Waals surface area contributed by atoms with E-state index in [9.17, 15) is 9.59 Å². The van der Waals surface area contributed by atoms with Crippen molar-refractivity contribution in [2.75, 3.05) is 11.5 Å². The number of fused-ring (bicyclic) bond motifs is 2. The van der Waals surface area contributed by atoms with Gasteiger partial charge in [-0.1, -0.05) is 43.0 Å². The van der Waals surface area contributed by atoms with Crippen LogP contribution < -0.4 is 15.1 Å². The molecular weight excluding hydrogens is 414 g/mol. The number of ether oxygens (including phenoxy) is 1. The van der Waals surface area contributed by atoms with E-state index in [1.165, 1.54) is 0 Å². The van der Waals surface area contributed by atoms with Crippen molar-refractivity contribution in [3.8, 4) is 5.75 Å². The number of hydrogen-bond acceptors (Lipinski definition) is 4. The molecule has 1 aromatic heterocycles. The SMILES string of the molecule is C=CCOc1cccc(C2c3c(oc4ccccc4c3=O)C(=O)N2c2ccc(C)c(C)c2)c1. The molecule has 5 nitrogen and oxygen atoms in total. The van der Waals surface area contributed by atoms with Gasteiger partial charge in [0.1, 0.15) is 17.9 Å². The fourth-order valence-corrected chi connectivity index (χ4v) is 4.31. The number of amides is 1. The van der Waals surface area contributed by atoms with Gasteiger partial charge in [0, 0.05) is 5.69 Å². The number of benzene rings is 3. The Kier molecular flexibility index (Phi) is 5.09. The fourth-order valence-electron chi connectivity index (χ4n) is 4.31. The molecule has 1 atom stereocenters. The number of rotatable bonds is 5. The number of carbonyl (C=O) groups is 1. The normalized spacial score (nSPS) is 15.0. The molecule has 0 fully saturated rings. The number of nitrogens with zero attached hydrogens (tertiary/aromatic N) is 1. The van der Waals surface area contributed by atoms with Gasteiger partial charge >= 0.3 is 0 Å². The van der Waals surface area contributed by atoms with E-state index in [1.807, 2.05) is 56.3 Å². The summed E-state index contributed by atoms with van der Waals surface area (Å²) in [4.78, 5) is 28.9. The summed E-state index contributed by atoms with van der Waals surface area (Å²) in [6.45, 7) is 8.08. The second-order valence-corrected chi connectivity index (χ2v) is 8.19. The molecule has 3 aromatic carbocycles. The molecule has 0 saturated heterocycles. The summed E-state index contributed by atoms with van der Waals surface area (Å²) in [6.07, 6.45) is 1.67. The lowest BCUT2D eigenvalue weighted by atomic mass is 9.97. The highest BCUT2D eigenvalue weighted by molar-refractivity contribution is 6.10. The van der Waals surface area contributed by atoms with Crippen LogP contribution >= 0.6 is 0 Å². The number of anilines is 1. The Balaban J connectivity index is 1.76. The summed E-state index contributed by atoms with van der Waals surface area (Å²) >= 11 is 0. The molecule has 1 unspecified atom stereocenters. The molecule has 1 aliphatic heterocycles. The molecule has 164 valence electrons. The highest BCUT2D eigenvalue weighted by Crippen LogP contribution is 2.42. The number of hydrogen-bond donors (Lipinski definition) is 0. The predicted octanol–water partition coefficient (Wildman–Crippen LogP) is 5.72. The Morgan fingerprint density at radius 1 is 1.00 bits per heavy atom. The van der Waals surface area contributed by atoms with Crippen LogP contribution in [0, 0.1) is 13.8 Å². The van der Waals surface area contributed by atoms with Crippen molar-refractivity contribution in [1.29, 1.82) is 0 Å². The van der Waals surface area contributed by atoms with Gasteiger partial charge in [-0.3, -0.25) is 14.5 Å². The molecule has 0 N–H and O–H groups in total. The zero-order chi connectivity index (χ0) is 23.1. The van der Waals surface area contributed by atoms with E-state index in [4.69, 9.17) is 9.15 Å². The first-order chi connectivity index (χ1) is 16.0. The quantitative estimate of drug-likeness (QED) is 0.375. The van der Waals surface area contributed by atoms with Crippen LogP contribution in [0.1, 0.15) is 38.9 Å². The molecule has 2 heterocycles. The Morgan fingerprint density at radius 2 is 1.82 bits per heavy atom. The van der Waals surface area contributed by atoms with E-state index in [2.05, 4.69) is 6.58 Å². The zero-order valence-electron chi connectivity index (χ0n) is 18.5. The van der Waals surface area contributed by atoms with Crippen LogP contribution in [0.2, 0.25) is 0 Å². The van der Waals surface area contributed by atoms with Gasteiger partial charge in [-0.15, -0.1) is 0 Å². The second-order valence-electron chi connectivity index (χ2n) is 8.19. The average molecular weight is 437 g/mol. The number of carbonyl (C=O) groups excluding carboxylic acids is 1. The van der Waals surface area contributed by atoms with Gasteiger partial charge in [-0.05, 0) is 66.9 Å². The van der Waals surface area contributed by atoms with Gasteiger partial charge in [-0.2, -0.15) is 0 Å².